The van der Waals surface area contributed by atoms with Crippen LogP contribution in [0.25, 0.3) is 0 Å². The lowest BCUT2D eigenvalue weighted by Crippen LogP contribution is -2.50. The highest BCUT2D eigenvalue weighted by atomic mass is 16.6. The Morgan fingerprint density at radius 1 is 0.853 bits per heavy atom. The summed E-state index contributed by atoms with van der Waals surface area (Å²) in [6.07, 6.45) is 0. The first kappa shape index (κ1) is 23.3. The highest BCUT2D eigenvalue weighted by Crippen LogP contribution is 2.36. The Labute approximate surface area is 198 Å². The molecule has 3 aromatic rings. The van der Waals surface area contributed by atoms with Gasteiger partial charge in [-0.25, -0.2) is 0 Å². The minimum absolute atomic E-state index is 0.00114. The first-order valence-electron chi connectivity index (χ1n) is 11.1. The number of hydrogen-bond donors (Lipinski definition) is 0. The molecule has 0 atom stereocenters. The van der Waals surface area contributed by atoms with E-state index in [1.54, 1.807) is 4.90 Å². The van der Waals surface area contributed by atoms with E-state index < -0.39 is 4.92 Å². The SMILES string of the molecule is COc1cc(C(=O)N2CCN(C(c3ccccc3)c3ccccc3)CC2)c([N+](=O)[O-])cc1OC. The number of ether oxygens (including phenoxy) is 2. The Balaban J connectivity index is 1.56. The van der Waals surface area contributed by atoms with Crippen molar-refractivity contribution < 1.29 is 19.2 Å². The molecule has 8 heteroatoms. The molecule has 1 saturated heterocycles. The van der Waals surface area contributed by atoms with Crippen molar-refractivity contribution in [2.75, 3.05) is 40.4 Å². The molecule has 176 valence electrons. The van der Waals surface area contributed by atoms with Gasteiger partial charge in [0.25, 0.3) is 11.6 Å². The molecule has 8 nitrogen and oxygen atoms in total. The Kier molecular flexibility index (Phi) is 7.08. The number of carbonyl (C=O) groups excluding carboxylic acids is 1. The molecule has 34 heavy (non-hydrogen) atoms. The molecule has 0 N–H and O–H groups in total. The summed E-state index contributed by atoms with van der Waals surface area (Å²) in [5.74, 6) is 0.107. The highest BCUT2D eigenvalue weighted by Gasteiger charge is 2.32. The van der Waals surface area contributed by atoms with Gasteiger partial charge in [-0.15, -0.1) is 0 Å². The maximum atomic E-state index is 13.3. The van der Waals surface area contributed by atoms with E-state index in [2.05, 4.69) is 29.2 Å². The fourth-order valence-corrected chi connectivity index (χ4v) is 4.43. The van der Waals surface area contributed by atoms with Crippen LogP contribution in [0.2, 0.25) is 0 Å². The summed E-state index contributed by atoms with van der Waals surface area (Å²) in [7, 11) is 2.84. The number of rotatable bonds is 7. The molecule has 0 bridgehead atoms. The maximum Gasteiger partial charge on any atom is 0.286 e. The molecule has 4 rings (SSSR count). The van der Waals surface area contributed by atoms with Crippen molar-refractivity contribution in [3.63, 3.8) is 0 Å². The van der Waals surface area contributed by atoms with Gasteiger partial charge in [0.15, 0.2) is 11.5 Å². The van der Waals surface area contributed by atoms with Gasteiger partial charge in [0.05, 0.1) is 31.3 Å². The molecule has 0 aromatic heterocycles. The second kappa shape index (κ2) is 10.4. The lowest BCUT2D eigenvalue weighted by atomic mass is 9.96. The molecule has 0 spiro atoms. The zero-order chi connectivity index (χ0) is 24.1. The summed E-state index contributed by atoms with van der Waals surface area (Å²) < 4.78 is 10.4. The van der Waals surface area contributed by atoms with Crippen molar-refractivity contribution in [1.82, 2.24) is 9.80 Å². The number of amides is 1. The number of methoxy groups -OCH3 is 2. The van der Waals surface area contributed by atoms with Crippen molar-refractivity contribution in [3.8, 4) is 11.5 Å². The molecule has 0 aliphatic carbocycles. The van der Waals surface area contributed by atoms with E-state index in [0.29, 0.717) is 26.2 Å². The van der Waals surface area contributed by atoms with Crippen molar-refractivity contribution in [2.24, 2.45) is 0 Å². The Bertz CT molecular complexity index is 1110. The average Bonchev–Trinajstić information content (AvgIpc) is 2.89. The van der Waals surface area contributed by atoms with Gasteiger partial charge < -0.3 is 14.4 Å². The standard InChI is InChI=1S/C26H27N3O5/c1-33-23-17-21(22(29(31)32)18-24(23)34-2)26(30)28-15-13-27(14-16-28)25(19-9-5-3-6-10-19)20-11-7-4-8-12-20/h3-12,17-18,25H,13-16H2,1-2H3. The number of piperazine rings is 1. The number of nitro groups is 1. The summed E-state index contributed by atoms with van der Waals surface area (Å²) in [6.45, 7) is 2.20. The number of nitrogens with zero attached hydrogens (tertiary/aromatic N) is 3. The van der Waals surface area contributed by atoms with Gasteiger partial charge in [-0.3, -0.25) is 19.8 Å². The summed E-state index contributed by atoms with van der Waals surface area (Å²) >= 11 is 0. The van der Waals surface area contributed by atoms with E-state index in [-0.39, 0.29) is 34.7 Å². The first-order valence-corrected chi connectivity index (χ1v) is 11.1. The Hall–Kier alpha value is -3.91. The molecule has 1 aliphatic heterocycles. The fourth-order valence-electron chi connectivity index (χ4n) is 4.43. The van der Waals surface area contributed by atoms with Crippen LogP contribution in [0.1, 0.15) is 27.5 Å². The quantitative estimate of drug-likeness (QED) is 0.388. The predicted molar refractivity (Wildman–Crippen MR) is 128 cm³/mol. The predicted octanol–water partition coefficient (Wildman–Crippen LogP) is 4.16. The smallest absolute Gasteiger partial charge is 0.286 e. The monoisotopic (exact) mass is 461 g/mol. The lowest BCUT2D eigenvalue weighted by Gasteiger charge is -2.39. The minimum Gasteiger partial charge on any atom is -0.493 e. The van der Waals surface area contributed by atoms with Crippen LogP contribution in [-0.4, -0.2) is 61.0 Å². The molecule has 1 heterocycles. The largest absolute Gasteiger partial charge is 0.493 e. The van der Waals surface area contributed by atoms with Crippen LogP contribution in [0.5, 0.6) is 11.5 Å². The van der Waals surface area contributed by atoms with E-state index in [1.807, 2.05) is 36.4 Å². The number of benzene rings is 3. The first-order chi connectivity index (χ1) is 16.5. The molecule has 1 fully saturated rings. The third kappa shape index (κ3) is 4.72. The van der Waals surface area contributed by atoms with Crippen LogP contribution in [0, 0.1) is 10.1 Å². The minimum atomic E-state index is -0.563. The molecular weight excluding hydrogens is 434 g/mol. The second-order valence-corrected chi connectivity index (χ2v) is 8.03. The zero-order valence-corrected chi connectivity index (χ0v) is 19.2. The number of nitro benzene ring substituents is 1. The van der Waals surface area contributed by atoms with Crippen LogP contribution in [0.15, 0.2) is 72.8 Å². The zero-order valence-electron chi connectivity index (χ0n) is 19.2. The molecule has 1 aliphatic rings. The van der Waals surface area contributed by atoms with Crippen molar-refractivity contribution in [2.45, 2.75) is 6.04 Å². The van der Waals surface area contributed by atoms with Crippen LogP contribution in [-0.2, 0) is 0 Å². The molecule has 0 saturated carbocycles. The highest BCUT2D eigenvalue weighted by molar-refractivity contribution is 5.99. The molecule has 0 radical (unpaired) electrons. The van der Waals surface area contributed by atoms with Crippen LogP contribution in [0.4, 0.5) is 5.69 Å². The molecule has 3 aromatic carbocycles. The topological polar surface area (TPSA) is 85.2 Å². The van der Waals surface area contributed by atoms with E-state index in [0.717, 1.165) is 0 Å². The number of hydrogen-bond acceptors (Lipinski definition) is 6. The molecule has 0 unspecified atom stereocenters. The summed E-state index contributed by atoms with van der Waals surface area (Å²) in [4.78, 5) is 28.4. The Morgan fingerprint density at radius 2 is 1.35 bits per heavy atom. The summed E-state index contributed by atoms with van der Waals surface area (Å²) in [6, 6.07) is 23.3. The van der Waals surface area contributed by atoms with Gasteiger partial charge in [0.1, 0.15) is 5.56 Å². The van der Waals surface area contributed by atoms with E-state index in [9.17, 15) is 14.9 Å². The van der Waals surface area contributed by atoms with Gasteiger partial charge in [-0.05, 0) is 11.1 Å². The van der Waals surface area contributed by atoms with Crippen LogP contribution >= 0.6 is 0 Å². The number of carbonyl (C=O) groups is 1. The Morgan fingerprint density at radius 3 is 1.82 bits per heavy atom. The van der Waals surface area contributed by atoms with Gasteiger partial charge in [-0.2, -0.15) is 0 Å². The van der Waals surface area contributed by atoms with Crippen molar-refractivity contribution in [3.05, 3.63) is 99.6 Å². The van der Waals surface area contributed by atoms with Gasteiger partial charge >= 0.3 is 0 Å². The summed E-state index contributed by atoms with van der Waals surface area (Å²) in [5.41, 5.74) is 2.07. The fraction of sp³-hybridized carbons (Fsp3) is 0.269. The van der Waals surface area contributed by atoms with E-state index >= 15 is 0 Å². The lowest BCUT2D eigenvalue weighted by molar-refractivity contribution is -0.385. The third-order valence-corrected chi connectivity index (χ3v) is 6.13. The van der Waals surface area contributed by atoms with Gasteiger partial charge in [-0.1, -0.05) is 60.7 Å². The third-order valence-electron chi connectivity index (χ3n) is 6.13. The van der Waals surface area contributed by atoms with E-state index in [1.165, 1.54) is 37.5 Å². The van der Waals surface area contributed by atoms with Crippen LogP contribution < -0.4 is 9.47 Å². The van der Waals surface area contributed by atoms with Gasteiger partial charge in [0, 0.05) is 32.2 Å². The average molecular weight is 462 g/mol. The molecule has 1 amide bonds. The maximum absolute atomic E-state index is 13.3. The normalized spacial score (nSPS) is 14.1. The van der Waals surface area contributed by atoms with Gasteiger partial charge in [0.2, 0.25) is 0 Å². The van der Waals surface area contributed by atoms with Crippen molar-refractivity contribution in [1.29, 1.82) is 0 Å². The summed E-state index contributed by atoms with van der Waals surface area (Å²) in [5, 5.41) is 11.7. The van der Waals surface area contributed by atoms with E-state index in [4.69, 9.17) is 9.47 Å². The van der Waals surface area contributed by atoms with Crippen molar-refractivity contribution >= 4 is 11.6 Å². The second-order valence-electron chi connectivity index (χ2n) is 8.03. The molecular formula is C26H27N3O5. The van der Waals surface area contributed by atoms with Crippen LogP contribution in [0.3, 0.4) is 0 Å².